The number of nitrogens with zero attached hydrogens (tertiary/aromatic N) is 1. The molecule has 1 rings (SSSR count). The van der Waals surface area contributed by atoms with Crippen LogP contribution in [0.3, 0.4) is 0 Å². The maximum absolute atomic E-state index is 4.31. The summed E-state index contributed by atoms with van der Waals surface area (Å²) in [6.07, 6.45) is 4.32. The summed E-state index contributed by atoms with van der Waals surface area (Å²) in [5.41, 5.74) is 0. The fourth-order valence-corrected chi connectivity index (χ4v) is 3.39. The number of thioether (sulfide) groups is 1. The molecule has 0 spiro atoms. The molecule has 0 radical (unpaired) electrons. The Bertz CT molecular complexity index is 262. The van der Waals surface area contributed by atoms with E-state index in [9.17, 15) is 0 Å². The normalized spacial score (nSPS) is 14.9. The van der Waals surface area contributed by atoms with Crippen LogP contribution in [0.2, 0.25) is 0 Å². The van der Waals surface area contributed by atoms with Crippen molar-refractivity contribution in [3.8, 4) is 0 Å². The zero-order valence-electron chi connectivity index (χ0n) is 10.4. The standard InChI is InChI=1S/C12H22N2S2/c1-4-6-13-11(10(3)5-2)9-16-12-14-7-8-15-12/h7-8,10-11,13H,4-6,9H2,1-3H3. The van der Waals surface area contributed by atoms with Crippen molar-refractivity contribution < 1.29 is 0 Å². The van der Waals surface area contributed by atoms with Gasteiger partial charge >= 0.3 is 0 Å². The summed E-state index contributed by atoms with van der Waals surface area (Å²) in [7, 11) is 0. The van der Waals surface area contributed by atoms with E-state index in [1.165, 1.54) is 17.2 Å². The van der Waals surface area contributed by atoms with Gasteiger partial charge in [-0.15, -0.1) is 11.3 Å². The van der Waals surface area contributed by atoms with Gasteiger partial charge in [-0.1, -0.05) is 39.0 Å². The Morgan fingerprint density at radius 1 is 1.50 bits per heavy atom. The maximum Gasteiger partial charge on any atom is 0.149 e. The summed E-state index contributed by atoms with van der Waals surface area (Å²) in [5.74, 6) is 1.86. The highest BCUT2D eigenvalue weighted by Gasteiger charge is 2.15. The third-order valence-corrected chi connectivity index (χ3v) is 4.87. The Kier molecular flexibility index (Phi) is 7.08. The van der Waals surface area contributed by atoms with Gasteiger partial charge in [0.05, 0.1) is 0 Å². The molecule has 0 fully saturated rings. The summed E-state index contributed by atoms with van der Waals surface area (Å²) in [6.45, 7) is 7.93. The first-order valence-electron chi connectivity index (χ1n) is 6.03. The second-order valence-electron chi connectivity index (χ2n) is 4.06. The molecule has 0 amide bonds. The molecule has 0 aliphatic rings. The zero-order chi connectivity index (χ0) is 11.8. The molecule has 1 N–H and O–H groups in total. The fourth-order valence-electron chi connectivity index (χ4n) is 1.48. The van der Waals surface area contributed by atoms with Crippen LogP contribution in [0, 0.1) is 5.92 Å². The Balaban J connectivity index is 2.37. The van der Waals surface area contributed by atoms with Crippen LogP contribution in [0.4, 0.5) is 0 Å². The van der Waals surface area contributed by atoms with Gasteiger partial charge in [-0.3, -0.25) is 0 Å². The van der Waals surface area contributed by atoms with E-state index in [2.05, 4.69) is 31.1 Å². The average molecular weight is 258 g/mol. The first-order valence-corrected chi connectivity index (χ1v) is 7.90. The lowest BCUT2D eigenvalue weighted by Crippen LogP contribution is -2.37. The highest BCUT2D eigenvalue weighted by molar-refractivity contribution is 8.01. The van der Waals surface area contributed by atoms with Gasteiger partial charge in [-0.05, 0) is 18.9 Å². The first-order chi connectivity index (χ1) is 7.77. The van der Waals surface area contributed by atoms with Crippen LogP contribution in [-0.4, -0.2) is 23.3 Å². The molecule has 0 aliphatic heterocycles. The molecule has 2 unspecified atom stereocenters. The number of hydrogen-bond acceptors (Lipinski definition) is 4. The second kappa shape index (κ2) is 8.09. The minimum absolute atomic E-state index is 0.610. The van der Waals surface area contributed by atoms with Gasteiger partial charge in [0.2, 0.25) is 0 Å². The molecule has 0 saturated carbocycles. The summed E-state index contributed by atoms with van der Waals surface area (Å²) in [4.78, 5) is 4.31. The SMILES string of the molecule is CCCNC(CSc1nccs1)C(C)CC. The van der Waals surface area contributed by atoms with E-state index in [4.69, 9.17) is 0 Å². The molecular weight excluding hydrogens is 236 g/mol. The van der Waals surface area contributed by atoms with Gasteiger partial charge in [-0.25, -0.2) is 4.98 Å². The summed E-state index contributed by atoms with van der Waals surface area (Å²) in [6, 6.07) is 0.610. The lowest BCUT2D eigenvalue weighted by atomic mass is 10.0. The molecule has 1 aromatic rings. The van der Waals surface area contributed by atoms with E-state index < -0.39 is 0 Å². The molecule has 16 heavy (non-hydrogen) atoms. The Morgan fingerprint density at radius 3 is 2.88 bits per heavy atom. The van der Waals surface area contributed by atoms with Crippen molar-refractivity contribution in [2.24, 2.45) is 5.92 Å². The molecule has 2 nitrogen and oxygen atoms in total. The molecule has 2 atom stereocenters. The minimum atomic E-state index is 0.610. The van der Waals surface area contributed by atoms with Gasteiger partial charge in [0.1, 0.15) is 4.34 Å². The third kappa shape index (κ3) is 4.85. The highest BCUT2D eigenvalue weighted by Crippen LogP contribution is 2.23. The molecule has 0 aromatic carbocycles. The average Bonchev–Trinajstić information content (AvgIpc) is 2.81. The first kappa shape index (κ1) is 14.0. The molecule has 4 heteroatoms. The van der Waals surface area contributed by atoms with Gasteiger partial charge in [0.15, 0.2) is 0 Å². The van der Waals surface area contributed by atoms with E-state index in [0.717, 1.165) is 18.2 Å². The molecule has 0 bridgehead atoms. The van der Waals surface area contributed by atoms with E-state index in [0.29, 0.717) is 6.04 Å². The lowest BCUT2D eigenvalue weighted by molar-refractivity contribution is 0.397. The summed E-state index contributed by atoms with van der Waals surface area (Å²) in [5, 5.41) is 5.68. The van der Waals surface area contributed by atoms with Crippen molar-refractivity contribution in [3.63, 3.8) is 0 Å². The van der Waals surface area contributed by atoms with Crippen molar-refractivity contribution >= 4 is 23.1 Å². The van der Waals surface area contributed by atoms with E-state index in [1.807, 2.05) is 23.3 Å². The third-order valence-electron chi connectivity index (χ3n) is 2.78. The van der Waals surface area contributed by atoms with Crippen molar-refractivity contribution in [1.82, 2.24) is 10.3 Å². The smallest absolute Gasteiger partial charge is 0.149 e. The monoisotopic (exact) mass is 258 g/mol. The largest absolute Gasteiger partial charge is 0.313 e. The van der Waals surface area contributed by atoms with E-state index in [-0.39, 0.29) is 0 Å². The van der Waals surface area contributed by atoms with Crippen molar-refractivity contribution in [1.29, 1.82) is 0 Å². The van der Waals surface area contributed by atoms with Crippen LogP contribution in [0.15, 0.2) is 15.9 Å². The predicted molar refractivity (Wildman–Crippen MR) is 74.4 cm³/mol. The quantitative estimate of drug-likeness (QED) is 0.721. The molecule has 1 aromatic heterocycles. The highest BCUT2D eigenvalue weighted by atomic mass is 32.2. The van der Waals surface area contributed by atoms with Gasteiger partial charge < -0.3 is 5.32 Å². The van der Waals surface area contributed by atoms with Crippen molar-refractivity contribution in [3.05, 3.63) is 11.6 Å². The van der Waals surface area contributed by atoms with Crippen LogP contribution in [0.25, 0.3) is 0 Å². The maximum atomic E-state index is 4.31. The minimum Gasteiger partial charge on any atom is -0.313 e. The molecule has 0 saturated heterocycles. The Labute approximate surface area is 107 Å². The molecule has 1 heterocycles. The predicted octanol–water partition coefficient (Wildman–Crippen LogP) is 3.65. The number of thiazole rings is 1. The van der Waals surface area contributed by atoms with Gasteiger partial charge in [0, 0.05) is 23.4 Å². The van der Waals surface area contributed by atoms with Crippen LogP contribution in [0.1, 0.15) is 33.6 Å². The number of nitrogens with one attached hydrogen (secondary N) is 1. The molecular formula is C12H22N2S2. The Morgan fingerprint density at radius 2 is 2.31 bits per heavy atom. The molecule has 92 valence electrons. The fraction of sp³-hybridized carbons (Fsp3) is 0.750. The summed E-state index contributed by atoms with van der Waals surface area (Å²) < 4.78 is 1.19. The van der Waals surface area contributed by atoms with Crippen LogP contribution < -0.4 is 5.32 Å². The van der Waals surface area contributed by atoms with Crippen molar-refractivity contribution in [2.45, 2.75) is 44.0 Å². The lowest BCUT2D eigenvalue weighted by Gasteiger charge is -2.23. The number of rotatable bonds is 8. The number of aromatic nitrogens is 1. The van der Waals surface area contributed by atoms with Crippen LogP contribution >= 0.6 is 23.1 Å². The van der Waals surface area contributed by atoms with Gasteiger partial charge in [0.25, 0.3) is 0 Å². The second-order valence-corrected chi connectivity index (χ2v) is 6.22. The topological polar surface area (TPSA) is 24.9 Å². The van der Waals surface area contributed by atoms with Gasteiger partial charge in [-0.2, -0.15) is 0 Å². The van der Waals surface area contributed by atoms with Crippen molar-refractivity contribution in [2.75, 3.05) is 12.3 Å². The Hall–Kier alpha value is -0.0600. The van der Waals surface area contributed by atoms with E-state index >= 15 is 0 Å². The van der Waals surface area contributed by atoms with Crippen LogP contribution in [-0.2, 0) is 0 Å². The zero-order valence-corrected chi connectivity index (χ0v) is 12.0. The molecule has 0 aliphatic carbocycles. The number of hydrogen-bond donors (Lipinski definition) is 1. The van der Waals surface area contributed by atoms with E-state index in [1.54, 1.807) is 11.3 Å². The summed E-state index contributed by atoms with van der Waals surface area (Å²) >= 11 is 3.61. The van der Waals surface area contributed by atoms with Crippen LogP contribution in [0.5, 0.6) is 0 Å².